The third-order valence-corrected chi connectivity index (χ3v) is 5.37. The fraction of sp³-hybridized carbons (Fsp3) is 0.0870. The van der Waals surface area contributed by atoms with Gasteiger partial charge in [-0.3, -0.25) is 24.2 Å². The lowest BCUT2D eigenvalue weighted by Crippen LogP contribution is -2.44. The number of aryl methyl sites for hydroxylation is 1. The van der Waals surface area contributed by atoms with E-state index in [9.17, 15) is 14.4 Å². The number of rotatable bonds is 4. The topological polar surface area (TPSA) is 57.7 Å². The molecule has 0 aromatic heterocycles. The zero-order valence-corrected chi connectivity index (χ0v) is 17.2. The molecule has 3 amide bonds. The number of carbonyl (C=O) groups excluding carboxylic acids is 3. The van der Waals surface area contributed by atoms with Gasteiger partial charge >= 0.3 is 0 Å². The predicted molar refractivity (Wildman–Crippen MR) is 114 cm³/mol. The summed E-state index contributed by atoms with van der Waals surface area (Å²) in [6, 6.07) is 21.1. The van der Waals surface area contributed by atoms with Crippen LogP contribution in [0.5, 0.6) is 0 Å². The Morgan fingerprint density at radius 1 is 0.862 bits per heavy atom. The van der Waals surface area contributed by atoms with Crippen LogP contribution in [-0.2, 0) is 0 Å². The highest BCUT2D eigenvalue weighted by atomic mass is 79.9. The summed E-state index contributed by atoms with van der Waals surface area (Å²) in [6.45, 7) is 1.79. The van der Waals surface area contributed by atoms with E-state index >= 15 is 0 Å². The SMILES string of the molecule is Cc1ccc(N(CN2C(=O)c3ccccc3C2=O)C(=O)c2ccc(Br)cc2)cc1. The van der Waals surface area contributed by atoms with Crippen LogP contribution in [0.1, 0.15) is 36.6 Å². The van der Waals surface area contributed by atoms with Crippen molar-refractivity contribution in [2.45, 2.75) is 6.92 Å². The van der Waals surface area contributed by atoms with E-state index in [-0.39, 0.29) is 12.6 Å². The summed E-state index contributed by atoms with van der Waals surface area (Å²) in [5.41, 5.74) is 2.84. The molecule has 0 unspecified atom stereocenters. The molecule has 3 aromatic carbocycles. The number of imide groups is 1. The van der Waals surface area contributed by atoms with Crippen LogP contribution in [-0.4, -0.2) is 29.3 Å². The molecule has 0 radical (unpaired) electrons. The van der Waals surface area contributed by atoms with E-state index in [1.54, 1.807) is 48.5 Å². The van der Waals surface area contributed by atoms with Crippen molar-refractivity contribution in [1.29, 1.82) is 0 Å². The van der Waals surface area contributed by atoms with Gasteiger partial charge in [0.15, 0.2) is 0 Å². The second-order valence-electron chi connectivity index (χ2n) is 6.80. The monoisotopic (exact) mass is 448 g/mol. The number of benzene rings is 3. The normalized spacial score (nSPS) is 12.8. The first kappa shape index (κ1) is 19.1. The number of fused-ring (bicyclic) bond motifs is 1. The molecule has 4 rings (SSSR count). The molecule has 144 valence electrons. The van der Waals surface area contributed by atoms with Crippen LogP contribution < -0.4 is 4.90 Å². The highest BCUT2D eigenvalue weighted by Crippen LogP contribution is 2.26. The van der Waals surface area contributed by atoms with Crippen LogP contribution in [0.4, 0.5) is 5.69 Å². The average molecular weight is 449 g/mol. The molecule has 0 bridgehead atoms. The van der Waals surface area contributed by atoms with E-state index in [0.717, 1.165) is 14.9 Å². The Morgan fingerprint density at radius 3 is 1.97 bits per heavy atom. The number of halogens is 1. The molecule has 1 heterocycles. The Morgan fingerprint density at radius 2 is 1.41 bits per heavy atom. The Bertz CT molecular complexity index is 1070. The third kappa shape index (κ3) is 3.59. The Labute approximate surface area is 176 Å². The van der Waals surface area contributed by atoms with Crippen molar-refractivity contribution in [3.8, 4) is 0 Å². The van der Waals surface area contributed by atoms with Gasteiger partial charge in [-0.25, -0.2) is 0 Å². The maximum atomic E-state index is 13.3. The zero-order chi connectivity index (χ0) is 20.5. The van der Waals surface area contributed by atoms with Crippen LogP contribution in [0.3, 0.4) is 0 Å². The van der Waals surface area contributed by atoms with Crippen LogP contribution in [0.2, 0.25) is 0 Å². The number of carbonyl (C=O) groups is 3. The summed E-state index contributed by atoms with van der Waals surface area (Å²) < 4.78 is 0.858. The van der Waals surface area contributed by atoms with Crippen molar-refractivity contribution in [2.24, 2.45) is 0 Å². The van der Waals surface area contributed by atoms with Crippen LogP contribution in [0, 0.1) is 6.92 Å². The lowest BCUT2D eigenvalue weighted by atomic mass is 10.1. The molecular formula is C23H17BrN2O3. The quantitative estimate of drug-likeness (QED) is 0.545. The molecule has 0 saturated heterocycles. The number of anilines is 1. The van der Waals surface area contributed by atoms with Crippen molar-refractivity contribution in [3.63, 3.8) is 0 Å². The summed E-state index contributed by atoms with van der Waals surface area (Å²) in [4.78, 5) is 41.4. The summed E-state index contributed by atoms with van der Waals surface area (Å²) >= 11 is 3.37. The molecule has 0 fully saturated rings. The van der Waals surface area contributed by atoms with E-state index in [1.165, 1.54) is 4.90 Å². The number of nitrogens with zero attached hydrogens (tertiary/aromatic N) is 2. The highest BCUT2D eigenvalue weighted by molar-refractivity contribution is 9.10. The molecule has 0 N–H and O–H groups in total. The molecule has 1 aliphatic heterocycles. The number of amides is 3. The second-order valence-corrected chi connectivity index (χ2v) is 7.72. The summed E-state index contributed by atoms with van der Waals surface area (Å²) in [5, 5.41) is 0. The maximum absolute atomic E-state index is 13.3. The van der Waals surface area contributed by atoms with Gasteiger partial charge in [0.1, 0.15) is 6.67 Å². The molecule has 0 saturated carbocycles. The minimum absolute atomic E-state index is 0.162. The Balaban J connectivity index is 1.70. The minimum atomic E-state index is -0.397. The van der Waals surface area contributed by atoms with Crippen molar-refractivity contribution in [1.82, 2.24) is 4.90 Å². The van der Waals surface area contributed by atoms with Gasteiger partial charge in [-0.05, 0) is 55.5 Å². The van der Waals surface area contributed by atoms with E-state index in [1.807, 2.05) is 31.2 Å². The van der Waals surface area contributed by atoms with Crippen molar-refractivity contribution in [3.05, 3.63) is 99.5 Å². The van der Waals surface area contributed by atoms with Crippen LogP contribution >= 0.6 is 15.9 Å². The largest absolute Gasteiger partial charge is 0.290 e. The summed E-state index contributed by atoms with van der Waals surface area (Å²) in [7, 11) is 0. The van der Waals surface area contributed by atoms with E-state index in [2.05, 4.69) is 15.9 Å². The molecule has 1 aliphatic rings. The van der Waals surface area contributed by atoms with Gasteiger partial charge in [-0.2, -0.15) is 0 Å². The van der Waals surface area contributed by atoms with Gasteiger partial charge in [0.2, 0.25) is 0 Å². The Hall–Kier alpha value is -3.25. The highest BCUT2D eigenvalue weighted by Gasteiger charge is 2.37. The summed E-state index contributed by atoms with van der Waals surface area (Å²) in [5.74, 6) is -1.09. The lowest BCUT2D eigenvalue weighted by molar-refractivity contribution is 0.0650. The number of hydrogen-bond acceptors (Lipinski definition) is 3. The van der Waals surface area contributed by atoms with Crippen molar-refractivity contribution < 1.29 is 14.4 Å². The van der Waals surface area contributed by atoms with Gasteiger partial charge < -0.3 is 0 Å². The first-order chi connectivity index (χ1) is 14.0. The predicted octanol–water partition coefficient (Wildman–Crippen LogP) is 4.66. The molecule has 3 aromatic rings. The van der Waals surface area contributed by atoms with E-state index in [4.69, 9.17) is 0 Å². The fourth-order valence-electron chi connectivity index (χ4n) is 3.25. The third-order valence-electron chi connectivity index (χ3n) is 4.84. The van der Waals surface area contributed by atoms with Crippen molar-refractivity contribution >= 4 is 39.3 Å². The average Bonchev–Trinajstić information content (AvgIpc) is 2.98. The van der Waals surface area contributed by atoms with Crippen molar-refractivity contribution in [2.75, 3.05) is 11.6 Å². The molecule has 5 nitrogen and oxygen atoms in total. The molecule has 0 spiro atoms. The lowest BCUT2D eigenvalue weighted by Gasteiger charge is -2.27. The van der Waals surface area contributed by atoms with E-state index < -0.39 is 11.8 Å². The zero-order valence-electron chi connectivity index (χ0n) is 15.6. The Kier molecular flexibility index (Phi) is 5.03. The maximum Gasteiger partial charge on any atom is 0.263 e. The van der Waals surface area contributed by atoms with Crippen LogP contribution in [0.15, 0.2) is 77.3 Å². The molecule has 29 heavy (non-hydrogen) atoms. The molecule has 0 atom stereocenters. The first-order valence-electron chi connectivity index (χ1n) is 9.05. The van der Waals surface area contributed by atoms with Gasteiger partial charge in [0.05, 0.1) is 11.1 Å². The number of hydrogen-bond donors (Lipinski definition) is 0. The summed E-state index contributed by atoms with van der Waals surface area (Å²) in [6.07, 6.45) is 0. The molecule has 6 heteroatoms. The first-order valence-corrected chi connectivity index (χ1v) is 9.84. The molecule has 0 aliphatic carbocycles. The van der Waals surface area contributed by atoms with Gasteiger partial charge in [-0.15, -0.1) is 0 Å². The smallest absolute Gasteiger partial charge is 0.263 e. The van der Waals surface area contributed by atoms with Gasteiger partial charge in [-0.1, -0.05) is 45.8 Å². The minimum Gasteiger partial charge on any atom is -0.290 e. The van der Waals surface area contributed by atoms with Crippen LogP contribution in [0.25, 0.3) is 0 Å². The second kappa shape index (κ2) is 7.64. The van der Waals surface area contributed by atoms with E-state index in [0.29, 0.717) is 22.4 Å². The standard InChI is InChI=1S/C23H17BrN2O3/c1-15-6-12-18(13-7-15)25(21(27)16-8-10-17(24)11-9-16)14-26-22(28)19-4-2-3-5-20(19)23(26)29/h2-13H,14H2,1H3. The molecular weight excluding hydrogens is 432 g/mol. The van der Waals surface area contributed by atoms with Gasteiger partial charge in [0, 0.05) is 15.7 Å². The fourth-order valence-corrected chi connectivity index (χ4v) is 3.51. The van der Waals surface area contributed by atoms with Gasteiger partial charge in [0.25, 0.3) is 17.7 Å².